The molecule has 0 N–H and O–H groups in total. The Kier molecular flexibility index (Phi) is 6.27. The Morgan fingerprint density at radius 3 is 2.42 bits per heavy atom. The highest BCUT2D eigenvalue weighted by Gasteiger charge is 2.36. The Hall–Kier alpha value is -4.31. The van der Waals surface area contributed by atoms with E-state index in [1.54, 1.807) is 60.7 Å². The number of hydrogen-bond donors (Lipinski definition) is 0. The molecule has 0 atom stereocenters. The van der Waals surface area contributed by atoms with Crippen molar-refractivity contribution >= 4 is 40.5 Å². The van der Waals surface area contributed by atoms with Crippen molar-refractivity contribution in [1.82, 2.24) is 9.88 Å². The summed E-state index contributed by atoms with van der Waals surface area (Å²) in [5, 5.41) is 10.2. The van der Waals surface area contributed by atoms with Gasteiger partial charge >= 0.3 is 0 Å². The average molecular weight is 461 g/mol. The number of nitro groups is 1. The average Bonchev–Trinajstić information content (AvgIpc) is 3.08. The Bertz CT molecular complexity index is 1260. The molecule has 2 amide bonds. The lowest BCUT2D eigenvalue weighted by Gasteiger charge is -2.11. The molecule has 0 unspecified atom stereocenters. The zero-order valence-electron chi connectivity index (χ0n) is 16.9. The van der Waals surface area contributed by atoms with Crippen LogP contribution in [-0.2, 0) is 4.79 Å². The zero-order chi connectivity index (χ0) is 23.4. The number of carbonyl (C=O) groups excluding carboxylic acids is 3. The van der Waals surface area contributed by atoms with Crippen molar-refractivity contribution in [3.63, 3.8) is 0 Å². The molecule has 2 aromatic carbocycles. The van der Waals surface area contributed by atoms with Gasteiger partial charge in [0.25, 0.3) is 16.8 Å². The van der Waals surface area contributed by atoms with Gasteiger partial charge < -0.3 is 4.74 Å². The maximum atomic E-state index is 12.7. The lowest BCUT2D eigenvalue weighted by atomic mass is 10.1. The molecular formula is C23H15N3O6S. The van der Waals surface area contributed by atoms with Gasteiger partial charge in [-0.25, -0.2) is 4.98 Å². The zero-order valence-corrected chi connectivity index (χ0v) is 17.7. The molecule has 4 rings (SSSR count). The number of ketones is 1. The monoisotopic (exact) mass is 461 g/mol. The third-order valence-electron chi connectivity index (χ3n) is 4.60. The molecule has 0 aliphatic carbocycles. The van der Waals surface area contributed by atoms with Crippen molar-refractivity contribution in [3.8, 4) is 11.6 Å². The first kappa shape index (κ1) is 21.9. The molecule has 1 saturated heterocycles. The summed E-state index contributed by atoms with van der Waals surface area (Å²) in [5.74, 6) is -0.210. The Morgan fingerprint density at radius 1 is 1.06 bits per heavy atom. The second-order valence-corrected chi connectivity index (χ2v) is 7.83. The van der Waals surface area contributed by atoms with Crippen molar-refractivity contribution in [2.24, 2.45) is 0 Å². The molecule has 0 spiro atoms. The molecule has 9 nitrogen and oxygen atoms in total. The van der Waals surface area contributed by atoms with Crippen molar-refractivity contribution < 1.29 is 24.0 Å². The number of thioether (sulfide) groups is 1. The van der Waals surface area contributed by atoms with Gasteiger partial charge in [-0.05, 0) is 35.5 Å². The van der Waals surface area contributed by atoms with Crippen molar-refractivity contribution in [2.45, 2.75) is 0 Å². The normalized spacial score (nSPS) is 14.5. The molecule has 1 fully saturated rings. The van der Waals surface area contributed by atoms with Crippen molar-refractivity contribution in [2.75, 3.05) is 6.54 Å². The topological polar surface area (TPSA) is 120 Å². The van der Waals surface area contributed by atoms with E-state index in [-0.39, 0.29) is 28.8 Å². The molecule has 1 aromatic heterocycles. The van der Waals surface area contributed by atoms with E-state index in [1.807, 2.05) is 0 Å². The van der Waals surface area contributed by atoms with Gasteiger partial charge in [-0.3, -0.25) is 29.4 Å². The van der Waals surface area contributed by atoms with Crippen LogP contribution < -0.4 is 4.74 Å². The first-order chi connectivity index (χ1) is 15.9. The van der Waals surface area contributed by atoms with Gasteiger partial charge in [0, 0.05) is 17.7 Å². The van der Waals surface area contributed by atoms with E-state index in [1.165, 1.54) is 12.1 Å². The van der Waals surface area contributed by atoms with Crippen molar-refractivity contribution in [1.29, 1.82) is 0 Å². The minimum atomic E-state index is -0.551. The van der Waals surface area contributed by atoms with Gasteiger partial charge in [0.2, 0.25) is 5.88 Å². The van der Waals surface area contributed by atoms with E-state index in [2.05, 4.69) is 4.98 Å². The molecule has 0 radical (unpaired) electrons. The van der Waals surface area contributed by atoms with Gasteiger partial charge in [-0.2, -0.15) is 0 Å². The third kappa shape index (κ3) is 5.13. The third-order valence-corrected chi connectivity index (χ3v) is 5.51. The molecule has 0 bridgehead atoms. The van der Waals surface area contributed by atoms with Gasteiger partial charge in [0.05, 0.1) is 16.4 Å². The Morgan fingerprint density at radius 2 is 1.79 bits per heavy atom. The summed E-state index contributed by atoms with van der Waals surface area (Å²) in [4.78, 5) is 52.5. The number of Topliss-reactive ketones (excluding diaryl/α,β-unsaturated/α-hetero) is 1. The maximum Gasteiger partial charge on any atom is 0.293 e. The van der Waals surface area contributed by atoms with Crippen LogP contribution >= 0.6 is 11.8 Å². The minimum Gasteiger partial charge on any atom is -0.439 e. The van der Waals surface area contributed by atoms with Gasteiger partial charge in [-0.15, -0.1) is 0 Å². The highest BCUT2D eigenvalue weighted by atomic mass is 32.2. The second kappa shape index (κ2) is 9.45. The number of imide groups is 1. The highest BCUT2D eigenvalue weighted by molar-refractivity contribution is 8.18. The molecule has 10 heteroatoms. The second-order valence-electron chi connectivity index (χ2n) is 6.84. The van der Waals surface area contributed by atoms with Gasteiger partial charge in [0.15, 0.2) is 5.78 Å². The van der Waals surface area contributed by atoms with E-state index in [0.29, 0.717) is 16.9 Å². The van der Waals surface area contributed by atoms with Gasteiger partial charge in [-0.1, -0.05) is 42.5 Å². The summed E-state index contributed by atoms with van der Waals surface area (Å²) in [5.41, 5.74) is 0.939. The standard InChI is InChI=1S/C23H15N3O6S/c27-19(16-4-2-1-3-5-16)14-25-22(28)20(33-23(25)29)12-15-6-9-18(10-7-15)32-21-11-8-17(13-24-21)26(30)31/h1-13H,14H2/b20-12-. The predicted molar refractivity (Wildman–Crippen MR) is 121 cm³/mol. The lowest BCUT2D eigenvalue weighted by molar-refractivity contribution is -0.385. The summed E-state index contributed by atoms with van der Waals surface area (Å²) in [7, 11) is 0. The van der Waals surface area contributed by atoms with Crippen molar-refractivity contribution in [3.05, 3.63) is 99.1 Å². The highest BCUT2D eigenvalue weighted by Crippen LogP contribution is 2.32. The number of aromatic nitrogens is 1. The van der Waals surface area contributed by atoms with Crippen LogP contribution in [0.5, 0.6) is 11.6 Å². The molecule has 1 aliphatic heterocycles. The summed E-state index contributed by atoms with van der Waals surface area (Å²) < 4.78 is 5.55. The van der Waals surface area contributed by atoms with E-state index >= 15 is 0 Å². The predicted octanol–water partition coefficient (Wildman–Crippen LogP) is 4.70. The van der Waals surface area contributed by atoms with Crippen LogP contribution in [0.2, 0.25) is 0 Å². The molecule has 33 heavy (non-hydrogen) atoms. The lowest BCUT2D eigenvalue weighted by Crippen LogP contribution is -2.33. The molecule has 0 saturated carbocycles. The van der Waals surface area contributed by atoms with Crippen LogP contribution in [0.4, 0.5) is 10.5 Å². The number of benzene rings is 2. The summed E-state index contributed by atoms with van der Waals surface area (Å²) >= 11 is 0.774. The molecule has 3 aromatic rings. The van der Waals surface area contributed by atoms with E-state index in [0.717, 1.165) is 22.9 Å². The fourth-order valence-electron chi connectivity index (χ4n) is 2.94. The largest absolute Gasteiger partial charge is 0.439 e. The SMILES string of the molecule is O=C(CN1C(=O)S/C(=C\c2ccc(Oc3ccc([N+](=O)[O-])cn3)cc2)C1=O)c1ccccc1. The molecule has 1 aliphatic rings. The summed E-state index contributed by atoms with van der Waals surface area (Å²) in [6.07, 6.45) is 2.66. The fourth-order valence-corrected chi connectivity index (χ4v) is 3.78. The number of pyridine rings is 1. The number of rotatable bonds is 7. The number of carbonyl (C=O) groups is 3. The van der Waals surface area contributed by atoms with E-state index in [9.17, 15) is 24.5 Å². The minimum absolute atomic E-state index is 0.142. The van der Waals surface area contributed by atoms with E-state index < -0.39 is 16.1 Å². The molecule has 2 heterocycles. The van der Waals surface area contributed by atoms with Crippen LogP contribution in [0.3, 0.4) is 0 Å². The van der Waals surface area contributed by atoms with Crippen LogP contribution in [0, 0.1) is 10.1 Å². The smallest absolute Gasteiger partial charge is 0.293 e. The first-order valence-electron chi connectivity index (χ1n) is 9.63. The van der Waals surface area contributed by atoms with Crippen LogP contribution in [0.15, 0.2) is 77.8 Å². The number of nitrogens with zero attached hydrogens (tertiary/aromatic N) is 3. The molecule has 164 valence electrons. The van der Waals surface area contributed by atoms with Gasteiger partial charge in [0.1, 0.15) is 11.9 Å². The number of ether oxygens (including phenoxy) is 1. The number of amides is 2. The molecular weight excluding hydrogens is 446 g/mol. The van der Waals surface area contributed by atoms with Crippen LogP contribution in [-0.4, -0.2) is 38.3 Å². The quantitative estimate of drug-likeness (QED) is 0.215. The van der Waals surface area contributed by atoms with Crippen LogP contribution in [0.1, 0.15) is 15.9 Å². The summed E-state index contributed by atoms with van der Waals surface area (Å²) in [6.45, 7) is -0.318. The maximum absolute atomic E-state index is 12.7. The first-order valence-corrected chi connectivity index (χ1v) is 10.4. The van der Waals surface area contributed by atoms with Crippen LogP contribution in [0.25, 0.3) is 6.08 Å². The summed E-state index contributed by atoms with van der Waals surface area (Å²) in [6, 6.07) is 17.8. The Labute approximate surface area is 191 Å². The fraction of sp³-hybridized carbons (Fsp3) is 0.0435. The van der Waals surface area contributed by atoms with E-state index in [4.69, 9.17) is 4.74 Å². The Balaban J connectivity index is 1.42. The number of hydrogen-bond acceptors (Lipinski definition) is 8.